The molecule has 0 radical (unpaired) electrons. The molecule has 0 unspecified atom stereocenters. The zero-order chi connectivity index (χ0) is 12.2. The first-order chi connectivity index (χ1) is 8.92. The summed E-state index contributed by atoms with van der Waals surface area (Å²) in [6.07, 6.45) is 0. The van der Waals surface area contributed by atoms with Crippen molar-refractivity contribution < 1.29 is 0 Å². The predicted molar refractivity (Wildman–Crippen MR) is 82.1 cm³/mol. The fraction of sp³-hybridized carbons (Fsp3) is 0.143. The molecule has 0 saturated carbocycles. The first-order valence-electron chi connectivity index (χ1n) is 5.84. The fourth-order valence-corrected chi connectivity index (χ4v) is 3.70. The highest BCUT2D eigenvalue weighted by Gasteiger charge is 2.09. The van der Waals surface area contributed by atoms with Gasteiger partial charge in [-0.05, 0) is 35.7 Å². The molecule has 0 amide bonds. The zero-order valence-electron chi connectivity index (χ0n) is 9.85. The van der Waals surface area contributed by atoms with E-state index in [-0.39, 0.29) is 0 Å². The van der Waals surface area contributed by atoms with E-state index < -0.39 is 0 Å². The van der Waals surface area contributed by atoms with E-state index in [0.29, 0.717) is 0 Å². The summed E-state index contributed by atoms with van der Waals surface area (Å²) in [5, 5.41) is 4.53. The zero-order valence-corrected chi connectivity index (χ0v) is 11.5. The van der Waals surface area contributed by atoms with Crippen molar-refractivity contribution in [1.29, 1.82) is 0 Å². The molecule has 1 aliphatic heterocycles. The van der Waals surface area contributed by atoms with Crippen molar-refractivity contribution in [2.75, 3.05) is 15.1 Å². The molecule has 92 valence electrons. The second-order valence-electron chi connectivity index (χ2n) is 4.06. The van der Waals surface area contributed by atoms with Crippen LogP contribution in [0.3, 0.4) is 0 Å². The van der Waals surface area contributed by atoms with Crippen LogP contribution in [0.2, 0.25) is 0 Å². The van der Waals surface area contributed by atoms with Crippen LogP contribution < -0.4 is 10.0 Å². The first kappa shape index (κ1) is 11.8. The third kappa shape index (κ3) is 2.76. The Bertz CT molecular complexity index is 529. The molecule has 2 nitrogen and oxygen atoms in total. The van der Waals surface area contributed by atoms with Gasteiger partial charge in [0.2, 0.25) is 0 Å². The molecule has 1 heterocycles. The van der Waals surface area contributed by atoms with E-state index in [9.17, 15) is 0 Å². The Hall–Kier alpha value is -1.26. The number of anilines is 2. The lowest BCUT2D eigenvalue weighted by atomic mass is 10.2. The average molecular weight is 274 g/mol. The van der Waals surface area contributed by atoms with Crippen LogP contribution in [0.25, 0.3) is 0 Å². The van der Waals surface area contributed by atoms with Gasteiger partial charge in [0.15, 0.2) is 0 Å². The molecular formula is C14H14N2S2. The van der Waals surface area contributed by atoms with Crippen molar-refractivity contribution in [1.82, 2.24) is 0 Å². The highest BCUT2D eigenvalue weighted by atomic mass is 32.2. The van der Waals surface area contributed by atoms with Gasteiger partial charge < -0.3 is 10.0 Å². The van der Waals surface area contributed by atoms with Gasteiger partial charge in [-0.1, -0.05) is 30.3 Å². The molecule has 1 aliphatic rings. The second-order valence-corrected chi connectivity index (χ2v) is 6.22. The van der Waals surface area contributed by atoms with Gasteiger partial charge in [-0.2, -0.15) is 0 Å². The Kier molecular flexibility index (Phi) is 3.67. The lowest BCUT2D eigenvalue weighted by molar-refractivity contribution is 1.14. The Morgan fingerprint density at radius 2 is 2.00 bits per heavy atom. The fourth-order valence-electron chi connectivity index (χ4n) is 1.84. The van der Waals surface area contributed by atoms with Gasteiger partial charge in [0.1, 0.15) is 0 Å². The summed E-state index contributed by atoms with van der Waals surface area (Å²) in [7, 11) is 0. The first-order valence-corrected chi connectivity index (χ1v) is 7.81. The Labute approximate surface area is 116 Å². The predicted octanol–water partition coefficient (Wildman–Crippen LogP) is 4.42. The number of nitrogens with one attached hydrogen (secondary N) is 2. The maximum atomic E-state index is 3.46. The van der Waals surface area contributed by atoms with Crippen LogP contribution in [0.1, 0.15) is 5.56 Å². The Morgan fingerprint density at radius 3 is 2.89 bits per heavy atom. The molecular weight excluding hydrogens is 260 g/mol. The minimum Gasteiger partial charge on any atom is -0.381 e. The molecule has 0 aromatic heterocycles. The monoisotopic (exact) mass is 274 g/mol. The quantitative estimate of drug-likeness (QED) is 0.809. The van der Waals surface area contributed by atoms with E-state index in [1.807, 2.05) is 17.8 Å². The second kappa shape index (κ2) is 5.59. The van der Waals surface area contributed by atoms with Crippen LogP contribution in [-0.2, 0) is 6.54 Å². The van der Waals surface area contributed by atoms with Crippen LogP contribution >= 0.6 is 23.7 Å². The highest BCUT2D eigenvalue weighted by molar-refractivity contribution is 8.17. The number of rotatable bonds is 3. The summed E-state index contributed by atoms with van der Waals surface area (Å²) in [4.78, 5) is 1.33. The maximum absolute atomic E-state index is 3.46. The van der Waals surface area contributed by atoms with Crippen molar-refractivity contribution in [3.63, 3.8) is 0 Å². The molecule has 0 bridgehead atoms. The molecule has 0 saturated heterocycles. The van der Waals surface area contributed by atoms with E-state index in [1.54, 1.807) is 11.9 Å². The molecule has 4 heteroatoms. The van der Waals surface area contributed by atoms with Gasteiger partial charge in [-0.25, -0.2) is 0 Å². The van der Waals surface area contributed by atoms with Gasteiger partial charge >= 0.3 is 0 Å². The van der Waals surface area contributed by atoms with Crippen LogP contribution in [0.15, 0.2) is 53.4 Å². The van der Waals surface area contributed by atoms with Gasteiger partial charge in [-0.3, -0.25) is 0 Å². The molecule has 18 heavy (non-hydrogen) atoms. The third-order valence-corrected chi connectivity index (χ3v) is 4.73. The summed E-state index contributed by atoms with van der Waals surface area (Å²) < 4.78 is 3.33. The number of benzene rings is 2. The number of hydrogen-bond acceptors (Lipinski definition) is 4. The molecule has 2 aromatic carbocycles. The van der Waals surface area contributed by atoms with Gasteiger partial charge in [0, 0.05) is 17.1 Å². The summed E-state index contributed by atoms with van der Waals surface area (Å²) in [6, 6.07) is 16.9. The van der Waals surface area contributed by atoms with Crippen LogP contribution in [-0.4, -0.2) is 5.08 Å². The van der Waals surface area contributed by atoms with Crippen molar-refractivity contribution in [2.45, 2.75) is 11.4 Å². The molecule has 0 atom stereocenters. The Morgan fingerprint density at radius 1 is 1.11 bits per heavy atom. The average Bonchev–Trinajstić information content (AvgIpc) is 2.46. The van der Waals surface area contributed by atoms with Crippen molar-refractivity contribution in [3.8, 4) is 0 Å². The topological polar surface area (TPSA) is 24.1 Å². The molecule has 0 fully saturated rings. The van der Waals surface area contributed by atoms with E-state index in [4.69, 9.17) is 0 Å². The molecule has 2 aromatic rings. The Balaban J connectivity index is 1.70. The maximum Gasteiger partial charge on any atom is 0.0638 e. The highest BCUT2D eigenvalue weighted by Crippen LogP contribution is 2.37. The van der Waals surface area contributed by atoms with Gasteiger partial charge in [-0.15, -0.1) is 11.8 Å². The third-order valence-electron chi connectivity index (χ3n) is 2.78. The molecule has 0 aliphatic carbocycles. The normalized spacial score (nSPS) is 13.6. The summed E-state index contributed by atoms with van der Waals surface area (Å²) in [5.74, 6) is 0. The van der Waals surface area contributed by atoms with E-state index >= 15 is 0 Å². The standard InChI is InChI=1S/C14H14N2S2/c1-2-4-11(5-3-1)9-15-12-6-7-13-14(8-12)17-10-18-16-13/h1-8,15-16H,9-10H2. The van der Waals surface area contributed by atoms with Crippen LogP contribution in [0, 0.1) is 0 Å². The number of hydrogen-bond donors (Lipinski definition) is 2. The van der Waals surface area contributed by atoms with Gasteiger partial charge in [0.05, 0.1) is 10.8 Å². The lowest BCUT2D eigenvalue weighted by Crippen LogP contribution is -2.01. The van der Waals surface area contributed by atoms with Gasteiger partial charge in [0.25, 0.3) is 0 Å². The number of thioether (sulfide) groups is 1. The van der Waals surface area contributed by atoms with E-state index in [1.165, 1.54) is 21.8 Å². The molecule has 0 spiro atoms. The minimum absolute atomic E-state index is 0.868. The van der Waals surface area contributed by atoms with Crippen molar-refractivity contribution >= 4 is 35.1 Å². The smallest absolute Gasteiger partial charge is 0.0638 e. The summed E-state index contributed by atoms with van der Waals surface area (Å²) in [5.41, 5.74) is 3.71. The van der Waals surface area contributed by atoms with E-state index in [2.05, 4.69) is 52.5 Å². The summed E-state index contributed by atoms with van der Waals surface area (Å²) in [6.45, 7) is 0.868. The van der Waals surface area contributed by atoms with Crippen molar-refractivity contribution in [3.05, 3.63) is 54.1 Å². The largest absolute Gasteiger partial charge is 0.381 e. The molecule has 3 rings (SSSR count). The minimum atomic E-state index is 0.868. The number of fused-ring (bicyclic) bond motifs is 1. The molecule has 2 N–H and O–H groups in total. The SMILES string of the molecule is c1ccc(CNc2ccc3c(c2)SCSN3)cc1. The van der Waals surface area contributed by atoms with E-state index in [0.717, 1.165) is 11.6 Å². The van der Waals surface area contributed by atoms with Crippen LogP contribution in [0.4, 0.5) is 11.4 Å². The lowest BCUT2D eigenvalue weighted by Gasteiger charge is -2.17. The summed E-state index contributed by atoms with van der Waals surface area (Å²) >= 11 is 3.63. The van der Waals surface area contributed by atoms with Crippen molar-refractivity contribution in [2.24, 2.45) is 0 Å². The van der Waals surface area contributed by atoms with Crippen LogP contribution in [0.5, 0.6) is 0 Å².